The first-order chi connectivity index (χ1) is 7.24. The Morgan fingerprint density at radius 3 is 3.13 bits per heavy atom. The molecule has 1 aliphatic rings. The molecule has 15 heavy (non-hydrogen) atoms. The third-order valence-electron chi connectivity index (χ3n) is 2.96. The van der Waals surface area contributed by atoms with Gasteiger partial charge in [0, 0.05) is 26.3 Å². The Balaban J connectivity index is 1.77. The molecule has 0 amide bonds. The highest BCUT2D eigenvalue weighted by molar-refractivity contribution is 5.04. The number of piperidine rings is 1. The maximum Gasteiger partial charge on any atom is 0.0667 e. The van der Waals surface area contributed by atoms with Gasteiger partial charge in [0.25, 0.3) is 0 Å². The van der Waals surface area contributed by atoms with Gasteiger partial charge in [0.2, 0.25) is 0 Å². The predicted octanol–water partition coefficient (Wildman–Crippen LogP) is 0.419. The zero-order valence-electron chi connectivity index (χ0n) is 9.26. The molecule has 1 aromatic heterocycles. The summed E-state index contributed by atoms with van der Waals surface area (Å²) >= 11 is 0. The number of aryl methyl sites for hydroxylation is 1. The van der Waals surface area contributed by atoms with Crippen LogP contribution < -0.4 is 0 Å². The quantitative estimate of drug-likeness (QED) is 0.784. The maximum atomic E-state index is 9.52. The second-order valence-corrected chi connectivity index (χ2v) is 4.37. The fourth-order valence-electron chi connectivity index (χ4n) is 2.12. The highest BCUT2D eigenvalue weighted by Gasteiger charge is 2.16. The van der Waals surface area contributed by atoms with E-state index in [9.17, 15) is 5.11 Å². The molecule has 0 bridgehead atoms. The van der Waals surface area contributed by atoms with Gasteiger partial charge in [-0.2, -0.15) is 5.10 Å². The molecule has 1 atom stereocenters. The van der Waals surface area contributed by atoms with Crippen LogP contribution in [-0.2, 0) is 13.5 Å². The van der Waals surface area contributed by atoms with Crippen molar-refractivity contribution in [2.45, 2.75) is 25.4 Å². The van der Waals surface area contributed by atoms with Crippen LogP contribution in [0.4, 0.5) is 0 Å². The molecular weight excluding hydrogens is 190 g/mol. The van der Waals surface area contributed by atoms with E-state index in [1.54, 1.807) is 0 Å². The van der Waals surface area contributed by atoms with E-state index >= 15 is 0 Å². The van der Waals surface area contributed by atoms with Crippen LogP contribution in [0, 0.1) is 0 Å². The first-order valence-corrected chi connectivity index (χ1v) is 5.62. The number of β-amino-alcohol motifs (C(OH)–C–C–N with tert-alkyl or cyclic N) is 1. The van der Waals surface area contributed by atoms with Crippen LogP contribution in [0.5, 0.6) is 0 Å². The molecule has 4 heteroatoms. The zero-order valence-corrected chi connectivity index (χ0v) is 9.26. The van der Waals surface area contributed by atoms with Crippen LogP contribution in [0.15, 0.2) is 12.4 Å². The number of aliphatic hydroxyl groups excluding tert-OH is 1. The molecule has 1 aliphatic heterocycles. The molecule has 0 saturated carbocycles. The van der Waals surface area contributed by atoms with E-state index in [4.69, 9.17) is 0 Å². The van der Waals surface area contributed by atoms with Crippen molar-refractivity contribution in [1.82, 2.24) is 14.7 Å². The SMILES string of the molecule is Cn1cc(CCN2CCC[C@H](O)C2)cn1. The Morgan fingerprint density at radius 2 is 2.47 bits per heavy atom. The normalized spacial score (nSPS) is 23.2. The standard InChI is InChI=1S/C11H19N3O/c1-13-8-10(7-12-13)4-6-14-5-2-3-11(15)9-14/h7-8,11,15H,2-6,9H2,1H3/t11-/m0/s1. The lowest BCUT2D eigenvalue weighted by atomic mass is 10.1. The summed E-state index contributed by atoms with van der Waals surface area (Å²) in [4.78, 5) is 2.33. The van der Waals surface area contributed by atoms with Gasteiger partial charge in [-0.15, -0.1) is 0 Å². The highest BCUT2D eigenvalue weighted by Crippen LogP contribution is 2.10. The average molecular weight is 209 g/mol. The lowest BCUT2D eigenvalue weighted by molar-refractivity contribution is 0.0714. The van der Waals surface area contributed by atoms with Crippen molar-refractivity contribution in [3.8, 4) is 0 Å². The molecule has 1 N–H and O–H groups in total. The lowest BCUT2D eigenvalue weighted by Gasteiger charge is -2.29. The Kier molecular flexibility index (Phi) is 3.38. The van der Waals surface area contributed by atoms with Gasteiger partial charge in [0.1, 0.15) is 0 Å². The second-order valence-electron chi connectivity index (χ2n) is 4.37. The average Bonchev–Trinajstić information content (AvgIpc) is 2.62. The topological polar surface area (TPSA) is 41.3 Å². The number of aliphatic hydroxyl groups is 1. The third kappa shape index (κ3) is 3.04. The predicted molar refractivity (Wildman–Crippen MR) is 58.6 cm³/mol. The van der Waals surface area contributed by atoms with Crippen molar-refractivity contribution in [3.63, 3.8) is 0 Å². The summed E-state index contributed by atoms with van der Waals surface area (Å²) in [7, 11) is 1.94. The molecule has 0 aromatic carbocycles. The van der Waals surface area contributed by atoms with E-state index in [-0.39, 0.29) is 6.10 Å². The van der Waals surface area contributed by atoms with Crippen molar-refractivity contribution >= 4 is 0 Å². The molecule has 0 spiro atoms. The van der Waals surface area contributed by atoms with Crippen LogP contribution in [0.25, 0.3) is 0 Å². The zero-order chi connectivity index (χ0) is 10.7. The van der Waals surface area contributed by atoms with Gasteiger partial charge in [-0.05, 0) is 31.4 Å². The van der Waals surface area contributed by atoms with Gasteiger partial charge in [-0.1, -0.05) is 0 Å². The summed E-state index contributed by atoms with van der Waals surface area (Å²) in [5, 5.41) is 13.7. The fourth-order valence-corrected chi connectivity index (χ4v) is 2.12. The van der Waals surface area contributed by atoms with Gasteiger partial charge >= 0.3 is 0 Å². The summed E-state index contributed by atoms with van der Waals surface area (Å²) in [5.41, 5.74) is 1.28. The van der Waals surface area contributed by atoms with E-state index < -0.39 is 0 Å². The van der Waals surface area contributed by atoms with Crippen molar-refractivity contribution < 1.29 is 5.11 Å². The number of hydrogen-bond acceptors (Lipinski definition) is 3. The molecule has 0 aliphatic carbocycles. The van der Waals surface area contributed by atoms with Gasteiger partial charge in [0.05, 0.1) is 12.3 Å². The van der Waals surface area contributed by atoms with E-state index in [1.807, 2.05) is 17.9 Å². The smallest absolute Gasteiger partial charge is 0.0667 e. The summed E-state index contributed by atoms with van der Waals surface area (Å²) < 4.78 is 1.83. The first kappa shape index (κ1) is 10.6. The largest absolute Gasteiger partial charge is 0.392 e. The van der Waals surface area contributed by atoms with Crippen LogP contribution >= 0.6 is 0 Å². The minimum atomic E-state index is -0.118. The van der Waals surface area contributed by atoms with Crippen molar-refractivity contribution in [3.05, 3.63) is 18.0 Å². The molecule has 4 nitrogen and oxygen atoms in total. The van der Waals surface area contributed by atoms with E-state index in [0.29, 0.717) is 0 Å². The van der Waals surface area contributed by atoms with Crippen LogP contribution in [0.3, 0.4) is 0 Å². The molecule has 2 rings (SSSR count). The second kappa shape index (κ2) is 4.77. The summed E-state index contributed by atoms with van der Waals surface area (Å²) in [5.74, 6) is 0. The Hall–Kier alpha value is -0.870. The Bertz CT molecular complexity index is 311. The van der Waals surface area contributed by atoms with Crippen molar-refractivity contribution in [2.75, 3.05) is 19.6 Å². The molecule has 0 unspecified atom stereocenters. The Morgan fingerprint density at radius 1 is 1.60 bits per heavy atom. The minimum absolute atomic E-state index is 0.118. The number of rotatable bonds is 3. The number of hydrogen-bond donors (Lipinski definition) is 1. The molecular formula is C11H19N3O. The van der Waals surface area contributed by atoms with Crippen LogP contribution in [0.1, 0.15) is 18.4 Å². The lowest BCUT2D eigenvalue weighted by Crippen LogP contribution is -2.39. The van der Waals surface area contributed by atoms with E-state index in [0.717, 1.165) is 38.9 Å². The van der Waals surface area contributed by atoms with Crippen molar-refractivity contribution in [2.24, 2.45) is 7.05 Å². The molecule has 1 aromatic rings. The number of nitrogens with zero attached hydrogens (tertiary/aromatic N) is 3. The van der Waals surface area contributed by atoms with Crippen LogP contribution in [-0.4, -0.2) is 45.5 Å². The third-order valence-corrected chi connectivity index (χ3v) is 2.96. The van der Waals surface area contributed by atoms with Crippen molar-refractivity contribution in [1.29, 1.82) is 0 Å². The molecule has 84 valence electrons. The highest BCUT2D eigenvalue weighted by atomic mass is 16.3. The minimum Gasteiger partial charge on any atom is -0.392 e. The summed E-state index contributed by atoms with van der Waals surface area (Å²) in [6, 6.07) is 0. The molecule has 2 heterocycles. The molecule has 1 saturated heterocycles. The number of aromatic nitrogens is 2. The van der Waals surface area contributed by atoms with Gasteiger partial charge < -0.3 is 10.0 Å². The first-order valence-electron chi connectivity index (χ1n) is 5.62. The summed E-state index contributed by atoms with van der Waals surface area (Å²) in [6.07, 6.45) is 6.96. The molecule has 1 fully saturated rings. The van der Waals surface area contributed by atoms with E-state index in [1.165, 1.54) is 5.56 Å². The van der Waals surface area contributed by atoms with E-state index in [2.05, 4.69) is 16.2 Å². The monoisotopic (exact) mass is 209 g/mol. The Labute approximate surface area is 90.5 Å². The van der Waals surface area contributed by atoms with Gasteiger partial charge in [-0.25, -0.2) is 0 Å². The van der Waals surface area contributed by atoms with Crippen LogP contribution in [0.2, 0.25) is 0 Å². The summed E-state index contributed by atoms with van der Waals surface area (Å²) in [6.45, 7) is 2.99. The number of likely N-dealkylation sites (tertiary alicyclic amines) is 1. The van der Waals surface area contributed by atoms with Gasteiger partial charge in [0.15, 0.2) is 0 Å². The fraction of sp³-hybridized carbons (Fsp3) is 0.727. The van der Waals surface area contributed by atoms with Gasteiger partial charge in [-0.3, -0.25) is 4.68 Å². The maximum absolute atomic E-state index is 9.52. The molecule has 0 radical (unpaired) electrons.